The first kappa shape index (κ1) is 23.3. The van der Waals surface area contributed by atoms with Crippen LogP contribution in [-0.2, 0) is 42.9 Å². The Morgan fingerprint density at radius 1 is 0.933 bits per heavy atom. The number of amides is 1. The van der Waals surface area contributed by atoms with Crippen molar-refractivity contribution < 1.29 is 47.7 Å². The molecule has 12 heteroatoms. The summed E-state index contributed by atoms with van der Waals surface area (Å²) in [6, 6.07) is 3.20. The molecule has 1 aliphatic rings. The zero-order valence-electron chi connectivity index (χ0n) is 16.6. The minimum atomic E-state index is -1.57. The minimum absolute atomic E-state index is 0.320. The Kier molecular flexibility index (Phi) is 7.89. The van der Waals surface area contributed by atoms with Gasteiger partial charge in [-0.1, -0.05) is 6.07 Å². The van der Waals surface area contributed by atoms with E-state index >= 15 is 0 Å². The Hall–Kier alpha value is -2.99. The Balaban J connectivity index is 2.45. The molecule has 0 bridgehead atoms. The summed E-state index contributed by atoms with van der Waals surface area (Å²) in [5.74, 6) is -3.92. The number of carbonyl (C=O) groups excluding carboxylic acids is 5. The zero-order chi connectivity index (χ0) is 22.4. The van der Waals surface area contributed by atoms with E-state index in [9.17, 15) is 24.0 Å². The monoisotopic (exact) mass is 443 g/mol. The van der Waals surface area contributed by atoms with E-state index in [-0.39, 0.29) is 0 Å². The number of hydrogen-bond donors (Lipinski definition) is 1. The van der Waals surface area contributed by atoms with Gasteiger partial charge in [0.25, 0.3) is 5.91 Å². The Bertz CT molecular complexity index is 808. The fraction of sp³-hybridized carbons (Fsp3) is 0.500. The van der Waals surface area contributed by atoms with Crippen LogP contribution in [0, 0.1) is 0 Å². The molecule has 1 fully saturated rings. The molecular weight excluding hydrogens is 422 g/mol. The third kappa shape index (κ3) is 5.76. The van der Waals surface area contributed by atoms with E-state index in [1.54, 1.807) is 17.5 Å². The molecule has 1 saturated heterocycles. The first-order valence-corrected chi connectivity index (χ1v) is 9.61. The summed E-state index contributed by atoms with van der Waals surface area (Å²) in [5, 5.41) is 4.17. The van der Waals surface area contributed by atoms with Crippen LogP contribution in [0.2, 0.25) is 0 Å². The molecule has 0 radical (unpaired) electrons. The molecule has 1 aromatic heterocycles. The molecule has 0 aromatic carbocycles. The number of rotatable bonds is 6. The van der Waals surface area contributed by atoms with Gasteiger partial charge in [0.05, 0.1) is 12.0 Å². The Morgan fingerprint density at radius 2 is 1.50 bits per heavy atom. The normalized spacial score (nSPS) is 25.5. The van der Waals surface area contributed by atoms with Crippen LogP contribution >= 0.6 is 11.3 Å². The summed E-state index contributed by atoms with van der Waals surface area (Å²) < 4.78 is 25.8. The van der Waals surface area contributed by atoms with Gasteiger partial charge in [-0.15, -0.1) is 11.3 Å². The molecular formula is C18H21NO10S. The highest BCUT2D eigenvalue weighted by atomic mass is 32.1. The number of ether oxygens (including phenoxy) is 5. The predicted octanol–water partition coefficient (Wildman–Crippen LogP) is 0.171. The van der Waals surface area contributed by atoms with Crippen LogP contribution in [-0.4, -0.2) is 67.5 Å². The average Bonchev–Trinajstić information content (AvgIpc) is 3.19. The van der Waals surface area contributed by atoms with E-state index in [0.717, 1.165) is 39.2 Å². The number of nitrogens with one attached hydrogen (secondary N) is 1. The molecule has 164 valence electrons. The van der Waals surface area contributed by atoms with Crippen LogP contribution in [0.4, 0.5) is 0 Å². The van der Waals surface area contributed by atoms with Crippen LogP contribution < -0.4 is 5.32 Å². The lowest BCUT2D eigenvalue weighted by Gasteiger charge is -2.43. The predicted molar refractivity (Wildman–Crippen MR) is 99.1 cm³/mol. The molecule has 11 nitrogen and oxygen atoms in total. The van der Waals surface area contributed by atoms with Gasteiger partial charge in [-0.3, -0.25) is 19.2 Å². The molecule has 1 aliphatic heterocycles. The van der Waals surface area contributed by atoms with Crippen molar-refractivity contribution in [2.45, 2.75) is 51.4 Å². The molecule has 0 saturated carbocycles. The molecule has 1 amide bonds. The third-order valence-electron chi connectivity index (χ3n) is 3.90. The van der Waals surface area contributed by atoms with E-state index in [0.29, 0.717) is 4.88 Å². The van der Waals surface area contributed by atoms with Gasteiger partial charge in [-0.25, -0.2) is 4.79 Å². The van der Waals surface area contributed by atoms with Gasteiger partial charge in [0.15, 0.2) is 30.6 Å². The summed E-state index contributed by atoms with van der Waals surface area (Å²) in [5.41, 5.74) is 0. The second-order valence-corrected chi connectivity index (χ2v) is 7.12. The fourth-order valence-corrected chi connectivity index (χ4v) is 3.47. The number of methoxy groups -OCH3 is 1. The quantitative estimate of drug-likeness (QED) is 0.477. The maximum Gasteiger partial charge on any atom is 0.339 e. The largest absolute Gasteiger partial charge is 0.467 e. The topological polar surface area (TPSA) is 144 Å². The molecule has 0 unspecified atom stereocenters. The number of hydrogen-bond acceptors (Lipinski definition) is 11. The zero-order valence-corrected chi connectivity index (χ0v) is 17.4. The van der Waals surface area contributed by atoms with Crippen LogP contribution in [0.5, 0.6) is 0 Å². The smallest absolute Gasteiger partial charge is 0.339 e. The minimum Gasteiger partial charge on any atom is -0.467 e. The third-order valence-corrected chi connectivity index (χ3v) is 4.76. The van der Waals surface area contributed by atoms with Crippen molar-refractivity contribution >= 4 is 41.1 Å². The van der Waals surface area contributed by atoms with Crippen LogP contribution in [0.15, 0.2) is 17.5 Å². The number of carbonyl (C=O) groups is 5. The molecule has 30 heavy (non-hydrogen) atoms. The SMILES string of the molecule is COC(=O)[C@H]1O[C@@H](NC(=O)c2cccs2)[C@H](OC(C)=O)[C@@H](OC(C)=O)[C@@H]1OC(C)=O. The standard InChI is InChI=1S/C18H21NO10S/c1-8(20)26-12-13(27-9(2)21)15(18(24)25-4)29-17(14(12)28-10(3)22)19-16(23)11-6-5-7-30-11/h5-7,12-15,17H,1-4H3,(H,19,23)/t12-,13-,14+,15-,17+/m0/s1. The first-order chi connectivity index (χ1) is 14.1. The van der Waals surface area contributed by atoms with Gasteiger partial charge in [0.2, 0.25) is 0 Å². The average molecular weight is 443 g/mol. The van der Waals surface area contributed by atoms with Crippen molar-refractivity contribution in [1.82, 2.24) is 5.32 Å². The van der Waals surface area contributed by atoms with Gasteiger partial charge in [0, 0.05) is 20.8 Å². The Morgan fingerprint density at radius 3 is 2.00 bits per heavy atom. The molecule has 1 aromatic rings. The van der Waals surface area contributed by atoms with Crippen LogP contribution in [0.25, 0.3) is 0 Å². The second-order valence-electron chi connectivity index (χ2n) is 6.17. The highest BCUT2D eigenvalue weighted by Gasteiger charge is 2.55. The molecule has 2 heterocycles. The van der Waals surface area contributed by atoms with E-state index in [4.69, 9.17) is 18.9 Å². The molecule has 5 atom stereocenters. The lowest BCUT2D eigenvalue weighted by atomic mass is 9.96. The van der Waals surface area contributed by atoms with E-state index < -0.39 is 60.4 Å². The summed E-state index contributed by atoms with van der Waals surface area (Å²) in [6.07, 6.45) is -7.34. The Labute approximate surface area is 175 Å². The van der Waals surface area contributed by atoms with Crippen LogP contribution in [0.1, 0.15) is 30.4 Å². The fourth-order valence-electron chi connectivity index (χ4n) is 2.84. The molecule has 0 aliphatic carbocycles. The van der Waals surface area contributed by atoms with Gasteiger partial charge >= 0.3 is 23.9 Å². The van der Waals surface area contributed by atoms with Crippen molar-refractivity contribution in [2.75, 3.05) is 7.11 Å². The van der Waals surface area contributed by atoms with Gasteiger partial charge in [-0.2, -0.15) is 0 Å². The second kappa shape index (κ2) is 10.2. The molecule has 1 N–H and O–H groups in total. The summed E-state index contributed by atoms with van der Waals surface area (Å²) in [6.45, 7) is 3.25. The van der Waals surface area contributed by atoms with Crippen molar-refractivity contribution in [3.63, 3.8) is 0 Å². The number of thiophene rings is 1. The van der Waals surface area contributed by atoms with Gasteiger partial charge in [0.1, 0.15) is 0 Å². The highest BCUT2D eigenvalue weighted by molar-refractivity contribution is 7.12. The highest BCUT2D eigenvalue weighted by Crippen LogP contribution is 2.29. The summed E-state index contributed by atoms with van der Waals surface area (Å²) in [7, 11) is 1.08. The summed E-state index contributed by atoms with van der Waals surface area (Å²) >= 11 is 1.15. The number of esters is 4. The maximum atomic E-state index is 12.5. The molecule has 2 rings (SSSR count). The van der Waals surface area contributed by atoms with Crippen molar-refractivity contribution in [2.24, 2.45) is 0 Å². The van der Waals surface area contributed by atoms with Crippen molar-refractivity contribution in [3.8, 4) is 0 Å². The van der Waals surface area contributed by atoms with Gasteiger partial charge in [-0.05, 0) is 11.4 Å². The first-order valence-electron chi connectivity index (χ1n) is 8.73. The van der Waals surface area contributed by atoms with Crippen molar-refractivity contribution in [3.05, 3.63) is 22.4 Å². The lowest BCUT2D eigenvalue weighted by molar-refractivity contribution is -0.251. The van der Waals surface area contributed by atoms with Crippen molar-refractivity contribution in [1.29, 1.82) is 0 Å². The maximum absolute atomic E-state index is 12.5. The lowest BCUT2D eigenvalue weighted by Crippen LogP contribution is -2.66. The van der Waals surface area contributed by atoms with E-state index in [1.807, 2.05) is 0 Å². The molecule has 0 spiro atoms. The van der Waals surface area contributed by atoms with Crippen LogP contribution in [0.3, 0.4) is 0 Å². The summed E-state index contributed by atoms with van der Waals surface area (Å²) in [4.78, 5) is 60.1. The van der Waals surface area contributed by atoms with E-state index in [1.165, 1.54) is 0 Å². The van der Waals surface area contributed by atoms with Gasteiger partial charge < -0.3 is 29.0 Å². The van der Waals surface area contributed by atoms with E-state index in [2.05, 4.69) is 10.1 Å².